The Morgan fingerprint density at radius 3 is 3.31 bits per heavy atom. The number of nitrogens with zero attached hydrogens (tertiary/aromatic N) is 1. The number of ether oxygens (including phenoxy) is 1. The van der Waals surface area contributed by atoms with Crippen LogP contribution in [0.2, 0.25) is 0 Å². The van der Waals surface area contributed by atoms with E-state index in [-0.39, 0.29) is 0 Å². The average molecular weight is 221 g/mol. The molecular weight excluding hydrogens is 206 g/mol. The molecule has 0 bridgehead atoms. The number of carbonyl (C=O) groups excluding carboxylic acids is 1. The van der Waals surface area contributed by atoms with Crippen molar-refractivity contribution in [2.75, 3.05) is 18.5 Å². The van der Waals surface area contributed by atoms with E-state index in [1.807, 2.05) is 0 Å². The first kappa shape index (κ1) is 10.9. The second-order valence-electron chi connectivity index (χ2n) is 3.78. The number of aromatic nitrogens is 1. The Kier molecular flexibility index (Phi) is 3.71. The van der Waals surface area contributed by atoms with E-state index < -0.39 is 0 Å². The van der Waals surface area contributed by atoms with E-state index in [0.29, 0.717) is 30.5 Å². The monoisotopic (exact) mass is 221 g/mol. The minimum absolute atomic E-state index is 0.433. The van der Waals surface area contributed by atoms with Crippen molar-refractivity contribution in [1.82, 2.24) is 10.3 Å². The van der Waals surface area contributed by atoms with Crippen LogP contribution in [0.4, 0.5) is 5.69 Å². The molecule has 1 aliphatic rings. The lowest BCUT2D eigenvalue weighted by Gasteiger charge is -2.12. The Morgan fingerprint density at radius 2 is 2.56 bits per heavy atom. The van der Waals surface area contributed by atoms with Crippen LogP contribution in [0.5, 0.6) is 5.75 Å². The van der Waals surface area contributed by atoms with E-state index in [2.05, 4.69) is 15.6 Å². The average Bonchev–Trinajstić information content (AvgIpc) is 2.80. The van der Waals surface area contributed by atoms with Crippen LogP contribution in [0.25, 0.3) is 0 Å². The highest BCUT2D eigenvalue weighted by Crippen LogP contribution is 2.15. The van der Waals surface area contributed by atoms with E-state index in [1.54, 1.807) is 18.5 Å². The first-order valence-electron chi connectivity index (χ1n) is 5.40. The minimum Gasteiger partial charge on any atom is -0.490 e. The quantitative estimate of drug-likeness (QED) is 0.721. The van der Waals surface area contributed by atoms with Gasteiger partial charge in [0.2, 0.25) is 6.41 Å². The predicted molar refractivity (Wildman–Crippen MR) is 60.4 cm³/mol. The van der Waals surface area contributed by atoms with Crippen molar-refractivity contribution in [3.8, 4) is 5.75 Å². The van der Waals surface area contributed by atoms with Crippen LogP contribution in [-0.4, -0.2) is 30.6 Å². The van der Waals surface area contributed by atoms with Crippen molar-refractivity contribution in [3.05, 3.63) is 18.5 Å². The number of pyridine rings is 1. The van der Waals surface area contributed by atoms with E-state index in [9.17, 15) is 4.79 Å². The normalized spacial score (nSPS) is 19.4. The maximum absolute atomic E-state index is 10.3. The molecule has 0 spiro atoms. The lowest BCUT2D eigenvalue weighted by atomic mass is 10.2. The SMILES string of the molecule is O=CNc1cncc(OC[C@H]2CCCN2)c1. The molecule has 0 aromatic carbocycles. The summed E-state index contributed by atoms with van der Waals surface area (Å²) in [6.07, 6.45) is 6.21. The third-order valence-electron chi connectivity index (χ3n) is 2.55. The summed E-state index contributed by atoms with van der Waals surface area (Å²) >= 11 is 0. The van der Waals surface area contributed by atoms with Crippen LogP contribution < -0.4 is 15.4 Å². The van der Waals surface area contributed by atoms with Crippen LogP contribution in [-0.2, 0) is 4.79 Å². The second-order valence-corrected chi connectivity index (χ2v) is 3.78. The van der Waals surface area contributed by atoms with Gasteiger partial charge in [-0.25, -0.2) is 0 Å². The molecule has 2 rings (SSSR count). The number of hydrogen-bond acceptors (Lipinski definition) is 4. The van der Waals surface area contributed by atoms with Crippen LogP contribution >= 0.6 is 0 Å². The molecule has 1 aliphatic heterocycles. The Balaban J connectivity index is 1.87. The third-order valence-corrected chi connectivity index (χ3v) is 2.55. The molecule has 1 saturated heterocycles. The molecular formula is C11H15N3O2. The lowest BCUT2D eigenvalue weighted by Crippen LogP contribution is -2.28. The fourth-order valence-electron chi connectivity index (χ4n) is 1.74. The number of carbonyl (C=O) groups is 1. The van der Waals surface area contributed by atoms with Crippen LogP contribution in [0.1, 0.15) is 12.8 Å². The predicted octanol–water partition coefficient (Wildman–Crippen LogP) is 0.781. The van der Waals surface area contributed by atoms with Gasteiger partial charge in [0.15, 0.2) is 0 Å². The molecule has 0 aliphatic carbocycles. The van der Waals surface area contributed by atoms with E-state index in [4.69, 9.17) is 4.74 Å². The molecule has 0 saturated carbocycles. The van der Waals surface area contributed by atoms with E-state index >= 15 is 0 Å². The first-order chi connectivity index (χ1) is 7.88. The zero-order chi connectivity index (χ0) is 11.2. The van der Waals surface area contributed by atoms with Crippen molar-refractivity contribution in [2.45, 2.75) is 18.9 Å². The summed E-state index contributed by atoms with van der Waals surface area (Å²) in [7, 11) is 0. The fraction of sp³-hybridized carbons (Fsp3) is 0.455. The van der Waals surface area contributed by atoms with Crippen molar-refractivity contribution in [2.24, 2.45) is 0 Å². The Bertz CT molecular complexity index is 351. The molecule has 1 aromatic heterocycles. The lowest BCUT2D eigenvalue weighted by molar-refractivity contribution is -0.105. The summed E-state index contributed by atoms with van der Waals surface area (Å²) in [4.78, 5) is 14.2. The summed E-state index contributed by atoms with van der Waals surface area (Å²) in [6, 6.07) is 2.19. The first-order valence-corrected chi connectivity index (χ1v) is 5.40. The molecule has 2 N–H and O–H groups in total. The Labute approximate surface area is 94.2 Å². The van der Waals surface area contributed by atoms with Gasteiger partial charge in [0.05, 0.1) is 18.1 Å². The van der Waals surface area contributed by atoms with Gasteiger partial charge in [-0.2, -0.15) is 0 Å². The molecule has 5 heteroatoms. The number of nitrogens with one attached hydrogen (secondary N) is 2. The molecule has 1 aromatic rings. The number of rotatable bonds is 5. The van der Waals surface area contributed by atoms with Gasteiger partial charge in [0.1, 0.15) is 12.4 Å². The summed E-state index contributed by atoms with van der Waals surface area (Å²) in [5, 5.41) is 5.89. The standard InChI is InChI=1S/C11H15N3O2/c15-8-14-10-4-11(6-12-5-10)16-7-9-2-1-3-13-9/h4-6,8-9,13H,1-3,7H2,(H,14,15)/t9-/m1/s1. The second kappa shape index (κ2) is 5.46. The highest BCUT2D eigenvalue weighted by Gasteiger charge is 2.14. The fourth-order valence-corrected chi connectivity index (χ4v) is 1.74. The molecule has 86 valence electrons. The smallest absolute Gasteiger partial charge is 0.211 e. The van der Waals surface area contributed by atoms with Gasteiger partial charge in [0, 0.05) is 12.1 Å². The molecule has 0 unspecified atom stereocenters. The van der Waals surface area contributed by atoms with Crippen LogP contribution in [0.3, 0.4) is 0 Å². The Hall–Kier alpha value is -1.62. The molecule has 16 heavy (non-hydrogen) atoms. The molecule has 5 nitrogen and oxygen atoms in total. The van der Waals surface area contributed by atoms with Gasteiger partial charge in [-0.15, -0.1) is 0 Å². The molecule has 1 fully saturated rings. The van der Waals surface area contributed by atoms with Crippen LogP contribution in [0.15, 0.2) is 18.5 Å². The summed E-state index contributed by atoms with van der Waals surface area (Å²) < 4.78 is 5.60. The summed E-state index contributed by atoms with van der Waals surface area (Å²) in [5.74, 6) is 0.681. The van der Waals surface area contributed by atoms with Crippen molar-refractivity contribution >= 4 is 12.1 Å². The van der Waals surface area contributed by atoms with E-state index in [1.165, 1.54) is 6.42 Å². The van der Waals surface area contributed by atoms with Gasteiger partial charge in [-0.05, 0) is 19.4 Å². The summed E-state index contributed by atoms with van der Waals surface area (Å²) in [6.45, 7) is 1.71. The van der Waals surface area contributed by atoms with Gasteiger partial charge < -0.3 is 15.4 Å². The Morgan fingerprint density at radius 1 is 1.62 bits per heavy atom. The number of amides is 1. The molecule has 2 heterocycles. The van der Waals surface area contributed by atoms with Gasteiger partial charge >= 0.3 is 0 Å². The van der Waals surface area contributed by atoms with Crippen molar-refractivity contribution in [1.29, 1.82) is 0 Å². The van der Waals surface area contributed by atoms with E-state index in [0.717, 1.165) is 13.0 Å². The number of hydrogen-bond donors (Lipinski definition) is 2. The van der Waals surface area contributed by atoms with Crippen molar-refractivity contribution in [3.63, 3.8) is 0 Å². The minimum atomic E-state index is 0.433. The van der Waals surface area contributed by atoms with Gasteiger partial charge in [-0.1, -0.05) is 0 Å². The zero-order valence-electron chi connectivity index (χ0n) is 8.98. The summed E-state index contributed by atoms with van der Waals surface area (Å²) in [5.41, 5.74) is 0.645. The molecule has 0 radical (unpaired) electrons. The largest absolute Gasteiger partial charge is 0.490 e. The van der Waals surface area contributed by atoms with Crippen LogP contribution in [0, 0.1) is 0 Å². The maximum Gasteiger partial charge on any atom is 0.211 e. The zero-order valence-corrected chi connectivity index (χ0v) is 8.98. The third kappa shape index (κ3) is 2.93. The molecule has 1 atom stereocenters. The molecule has 1 amide bonds. The highest BCUT2D eigenvalue weighted by molar-refractivity contribution is 5.71. The van der Waals surface area contributed by atoms with Gasteiger partial charge in [-0.3, -0.25) is 9.78 Å². The maximum atomic E-state index is 10.3. The highest BCUT2D eigenvalue weighted by atomic mass is 16.5. The number of anilines is 1. The topological polar surface area (TPSA) is 63.2 Å². The van der Waals surface area contributed by atoms with Gasteiger partial charge in [0.25, 0.3) is 0 Å². The van der Waals surface area contributed by atoms with Crippen molar-refractivity contribution < 1.29 is 9.53 Å².